The van der Waals surface area contributed by atoms with Gasteiger partial charge in [0.1, 0.15) is 11.6 Å². The molecular formula is C18H14FN3O3S. The van der Waals surface area contributed by atoms with E-state index in [1.807, 2.05) is 13.8 Å². The van der Waals surface area contributed by atoms with Crippen molar-refractivity contribution in [2.24, 2.45) is 0 Å². The Kier molecular flexibility index (Phi) is 4.34. The van der Waals surface area contributed by atoms with Crippen LogP contribution in [0.25, 0.3) is 22.8 Å². The first-order chi connectivity index (χ1) is 12.6. The normalized spacial score (nSPS) is 11.2. The lowest BCUT2D eigenvalue weighted by atomic mass is 10.1. The van der Waals surface area contributed by atoms with Gasteiger partial charge in [0.15, 0.2) is 5.76 Å². The summed E-state index contributed by atoms with van der Waals surface area (Å²) in [5.74, 6) is 1.99. The van der Waals surface area contributed by atoms with E-state index in [1.165, 1.54) is 23.9 Å². The first kappa shape index (κ1) is 16.6. The summed E-state index contributed by atoms with van der Waals surface area (Å²) in [6.07, 6.45) is 1.58. The van der Waals surface area contributed by atoms with Crippen LogP contribution in [0.5, 0.6) is 0 Å². The van der Waals surface area contributed by atoms with Crippen molar-refractivity contribution in [1.82, 2.24) is 15.4 Å². The number of halogens is 1. The van der Waals surface area contributed by atoms with Gasteiger partial charge >= 0.3 is 0 Å². The average Bonchev–Trinajstić information content (AvgIpc) is 3.34. The fourth-order valence-corrected chi connectivity index (χ4v) is 3.25. The molecule has 0 amide bonds. The lowest BCUT2D eigenvalue weighted by molar-refractivity contribution is 0.426. The molecule has 0 aliphatic carbocycles. The highest BCUT2D eigenvalue weighted by atomic mass is 32.2. The first-order valence-electron chi connectivity index (χ1n) is 7.83. The molecule has 0 aliphatic rings. The maximum Gasteiger partial charge on any atom is 0.277 e. The van der Waals surface area contributed by atoms with Crippen LogP contribution >= 0.6 is 11.8 Å². The summed E-state index contributed by atoms with van der Waals surface area (Å²) in [7, 11) is 0. The molecule has 0 atom stereocenters. The molecule has 1 aromatic carbocycles. The highest BCUT2D eigenvalue weighted by molar-refractivity contribution is 7.98. The molecular weight excluding hydrogens is 357 g/mol. The van der Waals surface area contributed by atoms with Gasteiger partial charge in [-0.05, 0) is 44.2 Å². The summed E-state index contributed by atoms with van der Waals surface area (Å²) in [6.45, 7) is 3.75. The van der Waals surface area contributed by atoms with Crippen LogP contribution in [0.2, 0.25) is 0 Å². The molecule has 4 aromatic rings. The van der Waals surface area contributed by atoms with E-state index in [0.717, 1.165) is 28.1 Å². The Balaban J connectivity index is 1.48. The van der Waals surface area contributed by atoms with Gasteiger partial charge in [0, 0.05) is 16.9 Å². The van der Waals surface area contributed by atoms with Crippen LogP contribution in [0.4, 0.5) is 4.39 Å². The van der Waals surface area contributed by atoms with E-state index in [2.05, 4.69) is 15.4 Å². The van der Waals surface area contributed by atoms with E-state index in [0.29, 0.717) is 22.6 Å². The van der Waals surface area contributed by atoms with Crippen molar-refractivity contribution >= 4 is 11.8 Å². The molecule has 0 bridgehead atoms. The summed E-state index contributed by atoms with van der Waals surface area (Å²) in [5, 5.41) is 12.6. The number of thioether (sulfide) groups is 1. The van der Waals surface area contributed by atoms with Crippen molar-refractivity contribution in [1.29, 1.82) is 0 Å². The number of benzene rings is 1. The summed E-state index contributed by atoms with van der Waals surface area (Å²) in [5.41, 5.74) is 3.23. The average molecular weight is 371 g/mol. The van der Waals surface area contributed by atoms with Crippen LogP contribution in [-0.2, 0) is 5.75 Å². The van der Waals surface area contributed by atoms with Crippen molar-refractivity contribution in [2.45, 2.75) is 24.8 Å². The van der Waals surface area contributed by atoms with Gasteiger partial charge in [0.25, 0.3) is 11.1 Å². The summed E-state index contributed by atoms with van der Waals surface area (Å²) in [4.78, 5) is 0. The Bertz CT molecular complexity index is 1040. The Morgan fingerprint density at radius 2 is 1.88 bits per heavy atom. The van der Waals surface area contributed by atoms with Gasteiger partial charge in [-0.3, -0.25) is 0 Å². The molecule has 3 heterocycles. The second-order valence-corrected chi connectivity index (χ2v) is 6.57. The minimum absolute atomic E-state index is 0.290. The molecule has 0 radical (unpaired) electrons. The molecule has 0 saturated carbocycles. The van der Waals surface area contributed by atoms with E-state index in [-0.39, 0.29) is 5.82 Å². The first-order valence-corrected chi connectivity index (χ1v) is 8.82. The zero-order valence-electron chi connectivity index (χ0n) is 14.0. The minimum atomic E-state index is -0.290. The van der Waals surface area contributed by atoms with E-state index in [1.54, 1.807) is 24.5 Å². The number of hydrogen-bond donors (Lipinski definition) is 0. The molecule has 0 spiro atoms. The van der Waals surface area contributed by atoms with E-state index in [9.17, 15) is 4.39 Å². The molecule has 8 heteroatoms. The maximum absolute atomic E-state index is 13.1. The fourth-order valence-electron chi connectivity index (χ4n) is 2.49. The van der Waals surface area contributed by atoms with E-state index >= 15 is 0 Å². The zero-order chi connectivity index (χ0) is 18.1. The molecule has 132 valence electrons. The molecule has 3 aromatic heterocycles. The summed E-state index contributed by atoms with van der Waals surface area (Å²) < 4.78 is 29.4. The third-order valence-corrected chi connectivity index (χ3v) is 4.78. The van der Waals surface area contributed by atoms with Crippen molar-refractivity contribution in [3.8, 4) is 22.8 Å². The van der Waals surface area contributed by atoms with Gasteiger partial charge < -0.3 is 13.4 Å². The molecule has 0 fully saturated rings. The minimum Gasteiger partial charge on any atom is -0.469 e. The number of nitrogens with zero attached hydrogens (tertiary/aromatic N) is 3. The molecule has 0 saturated heterocycles. The third kappa shape index (κ3) is 3.15. The van der Waals surface area contributed by atoms with Crippen molar-refractivity contribution in [2.75, 3.05) is 0 Å². The Hall–Kier alpha value is -2.87. The predicted octanol–water partition coefficient (Wildman–Crippen LogP) is 5.03. The lowest BCUT2D eigenvalue weighted by Crippen LogP contribution is -1.85. The topological polar surface area (TPSA) is 78.1 Å². The number of rotatable bonds is 5. The van der Waals surface area contributed by atoms with E-state index < -0.39 is 0 Å². The van der Waals surface area contributed by atoms with Gasteiger partial charge in [0.05, 0.1) is 17.5 Å². The Morgan fingerprint density at radius 3 is 2.62 bits per heavy atom. The predicted molar refractivity (Wildman–Crippen MR) is 92.9 cm³/mol. The molecule has 0 aliphatic heterocycles. The molecule has 0 unspecified atom stereocenters. The van der Waals surface area contributed by atoms with Gasteiger partial charge in [-0.1, -0.05) is 16.9 Å². The lowest BCUT2D eigenvalue weighted by Gasteiger charge is -1.98. The van der Waals surface area contributed by atoms with Crippen LogP contribution in [0, 0.1) is 19.7 Å². The summed E-state index contributed by atoms with van der Waals surface area (Å²) in [6, 6.07) is 7.90. The second kappa shape index (κ2) is 6.80. The third-order valence-electron chi connectivity index (χ3n) is 3.96. The van der Waals surface area contributed by atoms with Crippen molar-refractivity contribution in [3.63, 3.8) is 0 Å². The van der Waals surface area contributed by atoms with Crippen LogP contribution in [-0.4, -0.2) is 15.4 Å². The number of hydrogen-bond acceptors (Lipinski definition) is 7. The van der Waals surface area contributed by atoms with Crippen molar-refractivity contribution < 1.29 is 17.7 Å². The molecule has 4 rings (SSSR count). The van der Waals surface area contributed by atoms with Gasteiger partial charge in [-0.15, -0.1) is 10.2 Å². The SMILES string of the molecule is Cc1occc1-c1nnc(SCc2noc(-c3ccc(F)cc3)c2C)o1. The highest BCUT2D eigenvalue weighted by Gasteiger charge is 2.17. The number of furan rings is 1. The van der Waals surface area contributed by atoms with Crippen LogP contribution < -0.4 is 0 Å². The summed E-state index contributed by atoms with van der Waals surface area (Å²) >= 11 is 1.37. The molecule has 26 heavy (non-hydrogen) atoms. The largest absolute Gasteiger partial charge is 0.469 e. The van der Waals surface area contributed by atoms with Gasteiger partial charge in [-0.25, -0.2) is 4.39 Å². The second-order valence-electron chi connectivity index (χ2n) is 5.64. The highest BCUT2D eigenvalue weighted by Crippen LogP contribution is 2.31. The van der Waals surface area contributed by atoms with Crippen molar-refractivity contribution in [3.05, 3.63) is 59.4 Å². The molecule has 6 nitrogen and oxygen atoms in total. The van der Waals surface area contributed by atoms with Gasteiger partial charge in [-0.2, -0.15) is 0 Å². The van der Waals surface area contributed by atoms with E-state index in [4.69, 9.17) is 13.4 Å². The zero-order valence-corrected chi connectivity index (χ0v) is 14.8. The van der Waals surface area contributed by atoms with Crippen LogP contribution in [0.1, 0.15) is 17.0 Å². The smallest absolute Gasteiger partial charge is 0.277 e. The number of aryl methyl sites for hydroxylation is 1. The van der Waals surface area contributed by atoms with Gasteiger partial charge in [0.2, 0.25) is 0 Å². The quantitative estimate of drug-likeness (QED) is 0.455. The monoisotopic (exact) mass is 371 g/mol. The Morgan fingerprint density at radius 1 is 1.08 bits per heavy atom. The standard InChI is InChI=1S/C18H14FN3O3S/c1-10-15(22-25-16(10)12-3-5-13(19)6-4-12)9-26-18-21-20-17(24-18)14-7-8-23-11(14)2/h3-8H,9H2,1-2H3. The fraction of sp³-hybridized carbons (Fsp3) is 0.167. The maximum atomic E-state index is 13.1. The Labute approximate surface area is 152 Å². The van der Waals surface area contributed by atoms with Crippen LogP contribution in [0.15, 0.2) is 55.2 Å². The molecule has 0 N–H and O–H groups in total. The number of aromatic nitrogens is 3. The van der Waals surface area contributed by atoms with Crippen LogP contribution in [0.3, 0.4) is 0 Å².